The van der Waals surface area contributed by atoms with Gasteiger partial charge in [-0.2, -0.15) is 0 Å². The molecule has 1 atom stereocenters. The summed E-state index contributed by atoms with van der Waals surface area (Å²) in [5.41, 5.74) is 0. The summed E-state index contributed by atoms with van der Waals surface area (Å²) in [5, 5.41) is 3.47. The predicted octanol–water partition coefficient (Wildman–Crippen LogP) is 1.53. The smallest absolute Gasteiger partial charge is 0.222 e. The fraction of sp³-hybridized carbons (Fsp3) is 0.917. The average Bonchev–Trinajstić information content (AvgIpc) is 2.90. The topological polar surface area (TPSA) is 32.3 Å². The lowest BCUT2D eigenvalue weighted by Crippen LogP contribution is -2.28. The normalized spacial score (nSPS) is 26.1. The van der Waals surface area contributed by atoms with Crippen molar-refractivity contribution in [2.45, 2.75) is 51.0 Å². The van der Waals surface area contributed by atoms with Crippen LogP contribution in [0.5, 0.6) is 0 Å². The van der Waals surface area contributed by atoms with E-state index >= 15 is 0 Å². The van der Waals surface area contributed by atoms with Crippen LogP contribution in [0.3, 0.4) is 0 Å². The second kappa shape index (κ2) is 5.50. The summed E-state index contributed by atoms with van der Waals surface area (Å²) >= 11 is 0. The standard InChI is InChI=1S/C12H22N2O/c15-12(14-9-1-2-10-14)7-3-5-11-6-4-8-13-11/h11,13H,1-10H2. The van der Waals surface area contributed by atoms with Crippen LogP contribution < -0.4 is 5.32 Å². The molecule has 1 unspecified atom stereocenters. The van der Waals surface area contributed by atoms with Crippen molar-refractivity contribution in [3.63, 3.8) is 0 Å². The Morgan fingerprint density at radius 1 is 1.27 bits per heavy atom. The van der Waals surface area contributed by atoms with Gasteiger partial charge in [0.25, 0.3) is 0 Å². The van der Waals surface area contributed by atoms with Crippen LogP contribution in [0.4, 0.5) is 0 Å². The Morgan fingerprint density at radius 2 is 2.07 bits per heavy atom. The lowest BCUT2D eigenvalue weighted by atomic mass is 10.1. The first-order chi connectivity index (χ1) is 7.36. The molecule has 2 heterocycles. The number of nitrogens with one attached hydrogen (secondary N) is 1. The number of hydrogen-bond acceptors (Lipinski definition) is 2. The molecule has 3 heteroatoms. The third-order valence-corrected chi connectivity index (χ3v) is 3.56. The molecule has 2 aliphatic heterocycles. The van der Waals surface area contributed by atoms with Crippen molar-refractivity contribution in [1.82, 2.24) is 10.2 Å². The molecule has 0 bridgehead atoms. The van der Waals surface area contributed by atoms with Crippen LogP contribution in [0.1, 0.15) is 44.9 Å². The van der Waals surface area contributed by atoms with Gasteiger partial charge in [-0.25, -0.2) is 0 Å². The van der Waals surface area contributed by atoms with Gasteiger partial charge >= 0.3 is 0 Å². The fourth-order valence-corrected chi connectivity index (χ4v) is 2.63. The van der Waals surface area contributed by atoms with Gasteiger partial charge in [0, 0.05) is 25.6 Å². The first kappa shape index (κ1) is 10.9. The van der Waals surface area contributed by atoms with E-state index in [0.717, 1.165) is 25.9 Å². The highest BCUT2D eigenvalue weighted by atomic mass is 16.2. The largest absolute Gasteiger partial charge is 0.343 e. The zero-order chi connectivity index (χ0) is 10.5. The molecule has 0 saturated carbocycles. The lowest BCUT2D eigenvalue weighted by molar-refractivity contribution is -0.130. The summed E-state index contributed by atoms with van der Waals surface area (Å²) in [6.45, 7) is 3.17. The molecule has 2 aliphatic rings. The van der Waals surface area contributed by atoms with Crippen molar-refractivity contribution in [3.05, 3.63) is 0 Å². The van der Waals surface area contributed by atoms with Crippen LogP contribution in [-0.4, -0.2) is 36.5 Å². The predicted molar refractivity (Wildman–Crippen MR) is 60.7 cm³/mol. The highest BCUT2D eigenvalue weighted by molar-refractivity contribution is 5.76. The quantitative estimate of drug-likeness (QED) is 0.763. The van der Waals surface area contributed by atoms with Crippen LogP contribution in [0.2, 0.25) is 0 Å². The Balaban J connectivity index is 1.58. The molecule has 3 nitrogen and oxygen atoms in total. The van der Waals surface area contributed by atoms with Crippen molar-refractivity contribution in [2.24, 2.45) is 0 Å². The second-order valence-corrected chi connectivity index (χ2v) is 4.77. The number of carbonyl (C=O) groups is 1. The zero-order valence-electron chi connectivity index (χ0n) is 9.50. The number of rotatable bonds is 4. The Hall–Kier alpha value is -0.570. The zero-order valence-corrected chi connectivity index (χ0v) is 9.50. The van der Waals surface area contributed by atoms with Crippen molar-refractivity contribution >= 4 is 5.91 Å². The van der Waals surface area contributed by atoms with Gasteiger partial charge in [-0.05, 0) is 45.1 Å². The maximum absolute atomic E-state index is 11.7. The van der Waals surface area contributed by atoms with Crippen LogP contribution in [0, 0.1) is 0 Å². The molecule has 15 heavy (non-hydrogen) atoms. The van der Waals surface area contributed by atoms with Crippen LogP contribution in [0.25, 0.3) is 0 Å². The lowest BCUT2D eigenvalue weighted by Gasteiger charge is -2.15. The summed E-state index contributed by atoms with van der Waals surface area (Å²) in [4.78, 5) is 13.8. The molecule has 2 saturated heterocycles. The molecule has 0 aliphatic carbocycles. The van der Waals surface area contributed by atoms with Gasteiger partial charge in [0.2, 0.25) is 5.91 Å². The maximum atomic E-state index is 11.7. The van der Waals surface area contributed by atoms with E-state index in [9.17, 15) is 4.79 Å². The summed E-state index contributed by atoms with van der Waals surface area (Å²) in [6, 6.07) is 0.691. The minimum atomic E-state index is 0.380. The van der Waals surface area contributed by atoms with E-state index in [-0.39, 0.29) is 0 Å². The Bertz CT molecular complexity index is 206. The van der Waals surface area contributed by atoms with Crippen molar-refractivity contribution in [1.29, 1.82) is 0 Å². The molecule has 86 valence electrons. The van der Waals surface area contributed by atoms with Crippen LogP contribution in [0.15, 0.2) is 0 Å². The van der Waals surface area contributed by atoms with Gasteiger partial charge in [0.15, 0.2) is 0 Å². The number of hydrogen-bond donors (Lipinski definition) is 1. The fourth-order valence-electron chi connectivity index (χ4n) is 2.63. The summed E-state index contributed by atoms with van der Waals surface area (Å²) < 4.78 is 0. The van der Waals surface area contributed by atoms with E-state index in [0.29, 0.717) is 11.9 Å². The van der Waals surface area contributed by atoms with E-state index in [1.807, 2.05) is 4.90 Å². The highest BCUT2D eigenvalue weighted by Crippen LogP contribution is 2.14. The monoisotopic (exact) mass is 210 g/mol. The van der Waals surface area contributed by atoms with Gasteiger partial charge in [0.05, 0.1) is 0 Å². The third kappa shape index (κ3) is 3.20. The number of likely N-dealkylation sites (tertiary alicyclic amines) is 1. The van der Waals surface area contributed by atoms with Crippen molar-refractivity contribution in [3.8, 4) is 0 Å². The van der Waals surface area contributed by atoms with Crippen molar-refractivity contribution in [2.75, 3.05) is 19.6 Å². The summed E-state index contributed by atoms with van der Waals surface area (Å²) in [5.74, 6) is 0.380. The van der Waals surface area contributed by atoms with Crippen LogP contribution >= 0.6 is 0 Å². The maximum Gasteiger partial charge on any atom is 0.222 e. The van der Waals surface area contributed by atoms with E-state index in [1.165, 1.54) is 38.6 Å². The highest BCUT2D eigenvalue weighted by Gasteiger charge is 2.18. The minimum Gasteiger partial charge on any atom is -0.343 e. The first-order valence-electron chi connectivity index (χ1n) is 6.37. The van der Waals surface area contributed by atoms with E-state index in [4.69, 9.17) is 0 Å². The Kier molecular flexibility index (Phi) is 4.01. The number of nitrogens with zero attached hydrogens (tertiary/aromatic N) is 1. The molecular formula is C12H22N2O. The SMILES string of the molecule is O=C(CCCC1CCCN1)N1CCCC1. The molecule has 1 amide bonds. The van der Waals surface area contributed by atoms with Crippen LogP contribution in [-0.2, 0) is 4.79 Å². The molecule has 2 rings (SSSR count). The summed E-state index contributed by atoms with van der Waals surface area (Å²) in [7, 11) is 0. The molecule has 1 N–H and O–H groups in total. The van der Waals surface area contributed by atoms with Gasteiger partial charge < -0.3 is 10.2 Å². The first-order valence-corrected chi connectivity index (χ1v) is 6.37. The molecule has 0 aromatic carbocycles. The van der Waals surface area contributed by atoms with Crippen molar-refractivity contribution < 1.29 is 4.79 Å². The third-order valence-electron chi connectivity index (χ3n) is 3.56. The van der Waals surface area contributed by atoms with E-state index in [1.54, 1.807) is 0 Å². The Morgan fingerprint density at radius 3 is 2.73 bits per heavy atom. The van der Waals surface area contributed by atoms with Gasteiger partial charge in [-0.15, -0.1) is 0 Å². The van der Waals surface area contributed by atoms with E-state index in [2.05, 4.69) is 5.32 Å². The molecule has 0 radical (unpaired) electrons. The summed E-state index contributed by atoms with van der Waals surface area (Å²) in [6.07, 6.45) is 8.03. The Labute approximate surface area is 92.2 Å². The molecule has 0 spiro atoms. The van der Waals surface area contributed by atoms with Gasteiger partial charge in [0.1, 0.15) is 0 Å². The number of amides is 1. The number of carbonyl (C=O) groups excluding carboxylic acids is 1. The van der Waals surface area contributed by atoms with E-state index < -0.39 is 0 Å². The molecular weight excluding hydrogens is 188 g/mol. The van der Waals surface area contributed by atoms with Gasteiger partial charge in [-0.3, -0.25) is 4.79 Å². The molecule has 0 aromatic heterocycles. The van der Waals surface area contributed by atoms with Gasteiger partial charge in [-0.1, -0.05) is 0 Å². The second-order valence-electron chi connectivity index (χ2n) is 4.77. The molecule has 2 fully saturated rings. The minimum absolute atomic E-state index is 0.380. The molecule has 0 aromatic rings. The average molecular weight is 210 g/mol.